The molecule has 20 heavy (non-hydrogen) atoms. The van der Waals surface area contributed by atoms with Gasteiger partial charge in [-0.2, -0.15) is 0 Å². The van der Waals surface area contributed by atoms with Crippen molar-refractivity contribution in [3.05, 3.63) is 48.0 Å². The fraction of sp³-hybridized carbons (Fsp3) is 0.438. The third-order valence-corrected chi connectivity index (χ3v) is 3.58. The molecule has 1 saturated carbocycles. The van der Waals surface area contributed by atoms with E-state index < -0.39 is 0 Å². The Morgan fingerprint density at radius 3 is 2.90 bits per heavy atom. The molecule has 2 heterocycles. The van der Waals surface area contributed by atoms with Gasteiger partial charge in [-0.3, -0.25) is 0 Å². The summed E-state index contributed by atoms with van der Waals surface area (Å²) in [6, 6.07) is 8.79. The molecule has 0 amide bonds. The van der Waals surface area contributed by atoms with Crippen LogP contribution in [0, 0.1) is 0 Å². The monoisotopic (exact) mass is 271 g/mol. The number of nitrogens with zero attached hydrogens (tertiary/aromatic N) is 2. The molecule has 106 valence electrons. The number of nitrogens with two attached hydrogens (primary N) is 1. The topological polar surface area (TPSA) is 55.3 Å². The Kier molecular flexibility index (Phi) is 3.74. The zero-order valence-electron chi connectivity index (χ0n) is 11.8. The van der Waals surface area contributed by atoms with Crippen LogP contribution < -0.4 is 10.6 Å². The zero-order chi connectivity index (χ0) is 13.9. The molecule has 4 heteroatoms. The van der Waals surface area contributed by atoms with Crippen LogP contribution in [0.15, 0.2) is 41.1 Å². The number of rotatable bonds is 6. The fourth-order valence-corrected chi connectivity index (χ4v) is 2.53. The van der Waals surface area contributed by atoms with E-state index in [1.807, 2.05) is 31.3 Å². The standard InChI is InChI=1S/C16H21N3O/c1-12(17)10-13-4-2-8-18-16(13)19(14-6-7-14)11-15-5-3-9-20-15/h2-5,8-9,12,14H,6-7,10-11,17H2,1H3. The molecule has 1 unspecified atom stereocenters. The van der Waals surface area contributed by atoms with Gasteiger partial charge >= 0.3 is 0 Å². The van der Waals surface area contributed by atoms with E-state index in [4.69, 9.17) is 10.2 Å². The van der Waals surface area contributed by atoms with Crippen molar-refractivity contribution < 1.29 is 4.42 Å². The number of hydrogen-bond acceptors (Lipinski definition) is 4. The third kappa shape index (κ3) is 3.02. The van der Waals surface area contributed by atoms with Gasteiger partial charge in [0.25, 0.3) is 0 Å². The van der Waals surface area contributed by atoms with E-state index in [1.54, 1.807) is 6.26 Å². The van der Waals surface area contributed by atoms with Crippen LogP contribution in [0.1, 0.15) is 31.1 Å². The summed E-state index contributed by atoms with van der Waals surface area (Å²) in [6.45, 7) is 2.81. The number of aromatic nitrogens is 1. The van der Waals surface area contributed by atoms with Gasteiger partial charge in [0.2, 0.25) is 0 Å². The summed E-state index contributed by atoms with van der Waals surface area (Å²) < 4.78 is 5.49. The van der Waals surface area contributed by atoms with Crippen molar-refractivity contribution in [2.75, 3.05) is 4.90 Å². The van der Waals surface area contributed by atoms with Gasteiger partial charge in [0.1, 0.15) is 11.6 Å². The Morgan fingerprint density at radius 1 is 1.40 bits per heavy atom. The number of hydrogen-bond donors (Lipinski definition) is 1. The molecule has 2 aromatic heterocycles. The Labute approximate surface area is 119 Å². The minimum atomic E-state index is 0.141. The Hall–Kier alpha value is -1.81. The van der Waals surface area contributed by atoms with Gasteiger partial charge in [0.15, 0.2) is 0 Å². The fourth-order valence-electron chi connectivity index (χ4n) is 2.53. The van der Waals surface area contributed by atoms with Gasteiger partial charge < -0.3 is 15.1 Å². The van der Waals surface area contributed by atoms with Gasteiger partial charge in [-0.05, 0) is 49.9 Å². The molecule has 4 nitrogen and oxygen atoms in total. The van der Waals surface area contributed by atoms with Crippen molar-refractivity contribution in [3.63, 3.8) is 0 Å². The SMILES string of the molecule is CC(N)Cc1cccnc1N(Cc1ccco1)C1CC1. The van der Waals surface area contributed by atoms with Crippen LogP contribution in [0.4, 0.5) is 5.82 Å². The molecule has 2 aromatic rings. The molecule has 1 atom stereocenters. The van der Waals surface area contributed by atoms with Crippen molar-refractivity contribution in [2.24, 2.45) is 5.73 Å². The number of furan rings is 1. The maximum atomic E-state index is 5.96. The minimum absolute atomic E-state index is 0.141. The van der Waals surface area contributed by atoms with Crippen molar-refractivity contribution >= 4 is 5.82 Å². The van der Waals surface area contributed by atoms with E-state index in [9.17, 15) is 0 Å². The van der Waals surface area contributed by atoms with Gasteiger partial charge in [-0.25, -0.2) is 4.98 Å². The summed E-state index contributed by atoms with van der Waals surface area (Å²) in [5.41, 5.74) is 7.18. The first kappa shape index (κ1) is 13.2. The first-order chi connectivity index (χ1) is 9.74. The van der Waals surface area contributed by atoms with Crippen molar-refractivity contribution in [1.82, 2.24) is 4.98 Å². The lowest BCUT2D eigenvalue weighted by atomic mass is 10.1. The second-order valence-corrected chi connectivity index (χ2v) is 5.61. The summed E-state index contributed by atoms with van der Waals surface area (Å²) in [6.07, 6.45) is 6.90. The number of anilines is 1. The van der Waals surface area contributed by atoms with Crippen LogP contribution in [-0.2, 0) is 13.0 Å². The molecular formula is C16H21N3O. The molecule has 0 bridgehead atoms. The lowest BCUT2D eigenvalue weighted by Crippen LogP contribution is -2.28. The minimum Gasteiger partial charge on any atom is -0.467 e. The molecule has 0 saturated heterocycles. The molecule has 3 rings (SSSR count). The molecule has 0 aliphatic heterocycles. The van der Waals surface area contributed by atoms with E-state index >= 15 is 0 Å². The Balaban J connectivity index is 1.87. The van der Waals surface area contributed by atoms with E-state index in [2.05, 4.69) is 16.0 Å². The molecule has 1 aliphatic rings. The van der Waals surface area contributed by atoms with Crippen LogP contribution in [-0.4, -0.2) is 17.1 Å². The molecule has 2 N–H and O–H groups in total. The Morgan fingerprint density at radius 2 is 2.25 bits per heavy atom. The van der Waals surface area contributed by atoms with Crippen LogP contribution in [0.3, 0.4) is 0 Å². The lowest BCUT2D eigenvalue weighted by molar-refractivity contribution is 0.499. The molecule has 0 aromatic carbocycles. The third-order valence-electron chi connectivity index (χ3n) is 3.58. The second kappa shape index (κ2) is 5.67. The highest BCUT2D eigenvalue weighted by Crippen LogP contribution is 2.34. The predicted octanol–water partition coefficient (Wildman–Crippen LogP) is 2.73. The summed E-state index contributed by atoms with van der Waals surface area (Å²) in [4.78, 5) is 6.96. The van der Waals surface area contributed by atoms with Gasteiger partial charge in [0.05, 0.1) is 12.8 Å². The molecule has 0 spiro atoms. The summed E-state index contributed by atoms with van der Waals surface area (Å²) in [5, 5.41) is 0. The average molecular weight is 271 g/mol. The van der Waals surface area contributed by atoms with Crippen LogP contribution >= 0.6 is 0 Å². The van der Waals surface area contributed by atoms with Gasteiger partial charge in [-0.1, -0.05) is 6.07 Å². The quantitative estimate of drug-likeness (QED) is 0.877. The summed E-state index contributed by atoms with van der Waals surface area (Å²) in [7, 11) is 0. The highest BCUT2D eigenvalue weighted by molar-refractivity contribution is 5.49. The molecule has 0 radical (unpaired) electrons. The first-order valence-electron chi connectivity index (χ1n) is 7.22. The van der Waals surface area contributed by atoms with E-state index in [0.29, 0.717) is 6.04 Å². The van der Waals surface area contributed by atoms with Gasteiger partial charge in [-0.15, -0.1) is 0 Å². The van der Waals surface area contributed by atoms with Crippen LogP contribution in [0.2, 0.25) is 0 Å². The largest absolute Gasteiger partial charge is 0.467 e. The second-order valence-electron chi connectivity index (χ2n) is 5.61. The van der Waals surface area contributed by atoms with Crippen LogP contribution in [0.5, 0.6) is 0 Å². The molecule has 1 fully saturated rings. The van der Waals surface area contributed by atoms with Crippen molar-refractivity contribution in [3.8, 4) is 0 Å². The van der Waals surface area contributed by atoms with E-state index in [1.165, 1.54) is 18.4 Å². The highest BCUT2D eigenvalue weighted by atomic mass is 16.3. The van der Waals surface area contributed by atoms with E-state index in [0.717, 1.165) is 24.5 Å². The Bertz CT molecular complexity index is 547. The highest BCUT2D eigenvalue weighted by Gasteiger charge is 2.31. The maximum Gasteiger partial charge on any atom is 0.132 e. The molecular weight excluding hydrogens is 250 g/mol. The zero-order valence-corrected chi connectivity index (χ0v) is 11.8. The molecule has 1 aliphatic carbocycles. The smallest absolute Gasteiger partial charge is 0.132 e. The lowest BCUT2D eigenvalue weighted by Gasteiger charge is -2.25. The van der Waals surface area contributed by atoms with Crippen molar-refractivity contribution in [1.29, 1.82) is 0 Å². The van der Waals surface area contributed by atoms with Crippen LogP contribution in [0.25, 0.3) is 0 Å². The average Bonchev–Trinajstić information content (AvgIpc) is 3.14. The number of pyridine rings is 1. The summed E-state index contributed by atoms with van der Waals surface area (Å²) in [5.74, 6) is 2.04. The van der Waals surface area contributed by atoms with Crippen molar-refractivity contribution in [2.45, 2.75) is 44.8 Å². The first-order valence-corrected chi connectivity index (χ1v) is 7.22. The normalized spacial score (nSPS) is 16.1. The summed E-state index contributed by atoms with van der Waals surface area (Å²) >= 11 is 0. The van der Waals surface area contributed by atoms with Gasteiger partial charge in [0, 0.05) is 18.3 Å². The maximum absolute atomic E-state index is 5.96. The predicted molar refractivity (Wildman–Crippen MR) is 79.5 cm³/mol. The van der Waals surface area contributed by atoms with E-state index in [-0.39, 0.29) is 6.04 Å².